The van der Waals surface area contributed by atoms with E-state index in [9.17, 15) is 13.2 Å². The Balaban J connectivity index is 1.52. The van der Waals surface area contributed by atoms with E-state index in [0.29, 0.717) is 38.4 Å². The molecule has 2 heterocycles. The summed E-state index contributed by atoms with van der Waals surface area (Å²) in [6.45, 7) is 3.37. The monoisotopic (exact) mass is 443 g/mol. The summed E-state index contributed by atoms with van der Waals surface area (Å²) in [7, 11) is -1.73. The highest BCUT2D eigenvalue weighted by molar-refractivity contribution is 7.89. The number of ether oxygens (including phenoxy) is 1. The number of aromatic nitrogens is 1. The van der Waals surface area contributed by atoms with Gasteiger partial charge >= 0.3 is 0 Å². The third kappa shape index (κ3) is 5.38. The van der Waals surface area contributed by atoms with Crippen molar-refractivity contribution in [2.75, 3.05) is 26.3 Å². The van der Waals surface area contributed by atoms with Gasteiger partial charge in [0.25, 0.3) is 0 Å². The predicted molar refractivity (Wildman–Crippen MR) is 115 cm³/mol. The second-order valence-corrected chi connectivity index (χ2v) is 9.13. The molecule has 0 bridgehead atoms. The van der Waals surface area contributed by atoms with Crippen LogP contribution in [0.4, 0.5) is 0 Å². The molecule has 10 heteroatoms. The molecule has 1 amide bonds. The van der Waals surface area contributed by atoms with Crippen molar-refractivity contribution in [2.45, 2.75) is 24.7 Å². The fraction of sp³-hybridized carbons (Fsp3) is 0.381. The zero-order valence-corrected chi connectivity index (χ0v) is 18.4. The minimum Gasteiger partial charge on any atom is -0.379 e. The number of morpholine rings is 1. The molecule has 2 aromatic rings. The summed E-state index contributed by atoms with van der Waals surface area (Å²) in [5, 5.41) is 13.0. The van der Waals surface area contributed by atoms with Crippen molar-refractivity contribution in [1.29, 1.82) is 5.26 Å². The van der Waals surface area contributed by atoms with E-state index >= 15 is 0 Å². The van der Waals surface area contributed by atoms with Crippen molar-refractivity contribution in [3.05, 3.63) is 52.8 Å². The van der Waals surface area contributed by atoms with Gasteiger partial charge in [-0.25, -0.2) is 13.8 Å². The van der Waals surface area contributed by atoms with E-state index in [1.807, 2.05) is 6.92 Å². The summed E-state index contributed by atoms with van der Waals surface area (Å²) in [6, 6.07) is 10.4. The standard InChI is InChI=1S/C21H25N5O4S/c1-16-18(13-19(14-22)25(16)2)15-23-24-21(27)8-5-17-3-6-20(7-4-17)31(28,29)26-9-11-30-12-10-26/h3-4,6-7,13,15H,5,8-12H2,1-2H3,(H,24,27)/b23-15+. The molecule has 1 aliphatic rings. The van der Waals surface area contributed by atoms with E-state index in [1.54, 1.807) is 41.9 Å². The fourth-order valence-corrected chi connectivity index (χ4v) is 4.62. The van der Waals surface area contributed by atoms with Crippen LogP contribution in [-0.2, 0) is 33.0 Å². The number of amides is 1. The maximum atomic E-state index is 12.6. The molecule has 1 N–H and O–H groups in total. The Morgan fingerprint density at radius 3 is 2.58 bits per heavy atom. The summed E-state index contributed by atoms with van der Waals surface area (Å²) >= 11 is 0. The van der Waals surface area contributed by atoms with Crippen LogP contribution in [0.2, 0.25) is 0 Å². The summed E-state index contributed by atoms with van der Waals surface area (Å²) in [4.78, 5) is 12.3. The second kappa shape index (κ2) is 9.87. The maximum absolute atomic E-state index is 12.6. The molecule has 3 rings (SSSR count). The fourth-order valence-electron chi connectivity index (χ4n) is 3.21. The summed E-state index contributed by atoms with van der Waals surface area (Å²) in [5.74, 6) is -0.254. The lowest BCUT2D eigenvalue weighted by Crippen LogP contribution is -2.40. The SMILES string of the molecule is Cc1c(/C=N/NC(=O)CCc2ccc(S(=O)(=O)N3CCOCC3)cc2)cc(C#N)n1C. The van der Waals surface area contributed by atoms with Crippen LogP contribution in [0.15, 0.2) is 40.3 Å². The van der Waals surface area contributed by atoms with E-state index in [4.69, 9.17) is 10.00 Å². The van der Waals surface area contributed by atoms with E-state index < -0.39 is 10.0 Å². The number of benzene rings is 1. The number of nitrogens with zero attached hydrogens (tertiary/aromatic N) is 4. The van der Waals surface area contributed by atoms with Crippen molar-refractivity contribution < 1.29 is 17.9 Å². The average molecular weight is 444 g/mol. The molecule has 0 saturated carbocycles. The Labute approximate surface area is 182 Å². The van der Waals surface area contributed by atoms with Gasteiger partial charge in [0.05, 0.1) is 24.3 Å². The van der Waals surface area contributed by atoms with E-state index in [2.05, 4.69) is 16.6 Å². The molecular weight excluding hydrogens is 418 g/mol. The molecule has 1 aromatic heterocycles. The number of sulfonamides is 1. The molecule has 1 saturated heterocycles. The number of rotatable bonds is 7. The number of carbonyl (C=O) groups excluding carboxylic acids is 1. The summed E-state index contributed by atoms with van der Waals surface area (Å²) < 4.78 is 33.7. The lowest BCUT2D eigenvalue weighted by atomic mass is 10.1. The first-order chi connectivity index (χ1) is 14.8. The van der Waals surface area contributed by atoms with Crippen LogP contribution in [0.3, 0.4) is 0 Å². The van der Waals surface area contributed by atoms with Crippen LogP contribution in [-0.4, -0.2) is 55.7 Å². The molecule has 0 unspecified atom stereocenters. The van der Waals surface area contributed by atoms with Crippen LogP contribution in [0.25, 0.3) is 0 Å². The van der Waals surface area contributed by atoms with Gasteiger partial charge in [0.1, 0.15) is 11.8 Å². The number of aryl methyl sites for hydroxylation is 1. The minimum absolute atomic E-state index is 0.212. The van der Waals surface area contributed by atoms with Crippen molar-refractivity contribution in [3.8, 4) is 6.07 Å². The Kier molecular flexibility index (Phi) is 7.22. The molecule has 164 valence electrons. The zero-order chi connectivity index (χ0) is 22.4. The molecule has 0 aliphatic carbocycles. The quantitative estimate of drug-likeness (QED) is 0.511. The number of hydrogen-bond acceptors (Lipinski definition) is 6. The highest BCUT2D eigenvalue weighted by Crippen LogP contribution is 2.18. The van der Waals surface area contributed by atoms with Gasteiger partial charge in [-0.3, -0.25) is 4.79 Å². The smallest absolute Gasteiger partial charge is 0.243 e. The van der Waals surface area contributed by atoms with Gasteiger partial charge in [-0.1, -0.05) is 12.1 Å². The second-order valence-electron chi connectivity index (χ2n) is 7.19. The van der Waals surface area contributed by atoms with Crippen molar-refractivity contribution in [1.82, 2.24) is 14.3 Å². The Hall–Kier alpha value is -3.00. The van der Waals surface area contributed by atoms with Gasteiger partial charge in [-0.05, 0) is 37.1 Å². The van der Waals surface area contributed by atoms with Gasteiger partial charge in [-0.2, -0.15) is 14.7 Å². The molecule has 1 aromatic carbocycles. The number of nitriles is 1. The molecule has 0 spiro atoms. The molecule has 0 atom stereocenters. The van der Waals surface area contributed by atoms with Crippen LogP contribution in [0.5, 0.6) is 0 Å². The maximum Gasteiger partial charge on any atom is 0.243 e. The normalized spacial score (nSPS) is 15.1. The third-order valence-corrected chi connectivity index (χ3v) is 7.17. The largest absolute Gasteiger partial charge is 0.379 e. The minimum atomic E-state index is -3.52. The summed E-state index contributed by atoms with van der Waals surface area (Å²) in [5.41, 5.74) is 5.49. The first-order valence-corrected chi connectivity index (χ1v) is 11.3. The zero-order valence-electron chi connectivity index (χ0n) is 17.5. The first kappa shape index (κ1) is 22.7. The van der Waals surface area contributed by atoms with Gasteiger partial charge in [-0.15, -0.1) is 0 Å². The number of hydrazone groups is 1. The van der Waals surface area contributed by atoms with Crippen molar-refractivity contribution in [3.63, 3.8) is 0 Å². The molecule has 0 radical (unpaired) electrons. The van der Waals surface area contributed by atoms with Crippen molar-refractivity contribution >= 4 is 22.1 Å². The van der Waals surface area contributed by atoms with Crippen LogP contribution in [0.1, 0.15) is 28.9 Å². The topological polar surface area (TPSA) is 117 Å². The van der Waals surface area contributed by atoms with Crippen LogP contribution < -0.4 is 5.43 Å². The average Bonchev–Trinajstić information content (AvgIpc) is 3.06. The number of carbonyl (C=O) groups is 1. The van der Waals surface area contributed by atoms with Gasteiger partial charge in [0, 0.05) is 37.8 Å². The lowest BCUT2D eigenvalue weighted by molar-refractivity contribution is -0.121. The molecule has 1 fully saturated rings. The Morgan fingerprint density at radius 2 is 1.97 bits per heavy atom. The Bertz CT molecular complexity index is 1110. The van der Waals surface area contributed by atoms with E-state index in [-0.39, 0.29) is 17.2 Å². The van der Waals surface area contributed by atoms with Crippen LogP contribution >= 0.6 is 0 Å². The molecular formula is C21H25N5O4S. The molecule has 31 heavy (non-hydrogen) atoms. The lowest BCUT2D eigenvalue weighted by Gasteiger charge is -2.26. The molecule has 9 nitrogen and oxygen atoms in total. The predicted octanol–water partition coefficient (Wildman–Crippen LogP) is 1.31. The van der Waals surface area contributed by atoms with Crippen LogP contribution in [0, 0.1) is 18.3 Å². The van der Waals surface area contributed by atoms with E-state index in [0.717, 1.165) is 16.8 Å². The first-order valence-electron chi connectivity index (χ1n) is 9.88. The van der Waals surface area contributed by atoms with E-state index in [1.165, 1.54) is 10.5 Å². The molecule has 1 aliphatic heterocycles. The summed E-state index contributed by atoms with van der Waals surface area (Å²) in [6.07, 6.45) is 2.19. The number of nitrogens with one attached hydrogen (secondary N) is 1. The third-order valence-electron chi connectivity index (χ3n) is 5.25. The highest BCUT2D eigenvalue weighted by atomic mass is 32.2. The van der Waals surface area contributed by atoms with Gasteiger partial charge < -0.3 is 9.30 Å². The van der Waals surface area contributed by atoms with Crippen molar-refractivity contribution in [2.24, 2.45) is 12.1 Å². The highest BCUT2D eigenvalue weighted by Gasteiger charge is 2.26. The number of hydrogen-bond donors (Lipinski definition) is 1. The Morgan fingerprint density at radius 1 is 1.29 bits per heavy atom. The van der Waals surface area contributed by atoms with Gasteiger partial charge in [0.15, 0.2) is 0 Å². The van der Waals surface area contributed by atoms with Gasteiger partial charge in [0.2, 0.25) is 15.9 Å².